The van der Waals surface area contributed by atoms with Crippen molar-refractivity contribution in [1.82, 2.24) is 0 Å². The van der Waals surface area contributed by atoms with Gasteiger partial charge < -0.3 is 15.6 Å². The van der Waals surface area contributed by atoms with Crippen LogP contribution in [-0.4, -0.2) is 16.7 Å². The lowest BCUT2D eigenvalue weighted by Crippen LogP contribution is -2.25. The van der Waals surface area contributed by atoms with Gasteiger partial charge in [-0.2, -0.15) is 0 Å². The maximum absolute atomic E-state index is 11.0. The molecule has 0 amide bonds. The number of fused-ring (bicyclic) bond motifs is 1. The number of carbonyl (C=O) groups is 1. The van der Waals surface area contributed by atoms with Gasteiger partial charge >= 0.3 is 5.97 Å². The highest BCUT2D eigenvalue weighted by atomic mass is 16.5. The lowest BCUT2D eigenvalue weighted by atomic mass is 9.97. The first kappa shape index (κ1) is 9.83. The number of nitrogens with two attached hydrogens (primary N) is 1. The zero-order chi connectivity index (χ0) is 11.2. The van der Waals surface area contributed by atoms with Crippen LogP contribution in [0, 0.1) is 0 Å². The summed E-state index contributed by atoms with van der Waals surface area (Å²) >= 11 is 0. The van der Waals surface area contributed by atoms with E-state index in [0.717, 1.165) is 0 Å². The Morgan fingerprint density at radius 2 is 2.20 bits per heavy atom. The summed E-state index contributed by atoms with van der Waals surface area (Å²) in [6, 6.07) is 3.10. The maximum Gasteiger partial charge on any atom is 0.336 e. The SMILES string of the molecule is CC1(C)Cc2c(C(=O)O)ccc(N)c2O1. The molecule has 2 rings (SSSR count). The molecule has 0 aliphatic carbocycles. The normalized spacial score (nSPS) is 16.9. The van der Waals surface area contributed by atoms with E-state index in [1.165, 1.54) is 6.07 Å². The van der Waals surface area contributed by atoms with E-state index in [2.05, 4.69) is 0 Å². The molecule has 1 aromatic rings. The van der Waals surface area contributed by atoms with Crippen LogP contribution in [0.1, 0.15) is 29.8 Å². The average molecular weight is 207 g/mol. The van der Waals surface area contributed by atoms with Crippen molar-refractivity contribution in [3.8, 4) is 5.75 Å². The van der Waals surface area contributed by atoms with Gasteiger partial charge in [-0.15, -0.1) is 0 Å². The summed E-state index contributed by atoms with van der Waals surface area (Å²) in [5.41, 5.74) is 6.86. The Labute approximate surface area is 87.7 Å². The van der Waals surface area contributed by atoms with E-state index in [9.17, 15) is 4.79 Å². The Kier molecular flexibility index (Phi) is 1.89. The Morgan fingerprint density at radius 1 is 1.53 bits per heavy atom. The standard InChI is InChI=1S/C11H13NO3/c1-11(2)5-7-6(10(13)14)3-4-8(12)9(7)15-11/h3-4H,5,12H2,1-2H3,(H,13,14). The van der Waals surface area contributed by atoms with E-state index in [1.54, 1.807) is 6.07 Å². The largest absolute Gasteiger partial charge is 0.485 e. The van der Waals surface area contributed by atoms with E-state index in [0.29, 0.717) is 23.4 Å². The molecule has 80 valence electrons. The van der Waals surface area contributed by atoms with E-state index in [-0.39, 0.29) is 11.2 Å². The fourth-order valence-corrected chi connectivity index (χ4v) is 1.88. The second-order valence-electron chi connectivity index (χ2n) is 4.35. The van der Waals surface area contributed by atoms with Gasteiger partial charge in [0.05, 0.1) is 11.3 Å². The monoisotopic (exact) mass is 207 g/mol. The number of carboxylic acids is 1. The highest BCUT2D eigenvalue weighted by Crippen LogP contribution is 2.41. The summed E-state index contributed by atoms with van der Waals surface area (Å²) < 4.78 is 5.63. The molecule has 0 atom stereocenters. The van der Waals surface area contributed by atoms with Crippen LogP contribution in [0.5, 0.6) is 5.75 Å². The van der Waals surface area contributed by atoms with Gasteiger partial charge in [-0.05, 0) is 26.0 Å². The third-order valence-electron chi connectivity index (χ3n) is 2.50. The van der Waals surface area contributed by atoms with Crippen LogP contribution in [0.25, 0.3) is 0 Å². The minimum atomic E-state index is -0.937. The summed E-state index contributed by atoms with van der Waals surface area (Å²) in [6.07, 6.45) is 0.578. The number of benzene rings is 1. The first-order valence-corrected chi connectivity index (χ1v) is 4.74. The van der Waals surface area contributed by atoms with Crippen LogP contribution in [0.2, 0.25) is 0 Å². The van der Waals surface area contributed by atoms with Gasteiger partial charge in [-0.1, -0.05) is 0 Å². The Balaban J connectivity index is 2.60. The smallest absolute Gasteiger partial charge is 0.336 e. The topological polar surface area (TPSA) is 72.5 Å². The summed E-state index contributed by atoms with van der Waals surface area (Å²) in [7, 11) is 0. The molecule has 0 spiro atoms. The minimum absolute atomic E-state index is 0.282. The average Bonchev–Trinajstić information content (AvgIpc) is 2.41. The van der Waals surface area contributed by atoms with Crippen LogP contribution < -0.4 is 10.5 Å². The summed E-state index contributed by atoms with van der Waals surface area (Å²) in [5.74, 6) is -0.410. The maximum atomic E-state index is 11.0. The van der Waals surface area contributed by atoms with E-state index in [1.807, 2.05) is 13.8 Å². The molecule has 0 bridgehead atoms. The lowest BCUT2D eigenvalue weighted by molar-refractivity contribution is 0.0696. The van der Waals surface area contributed by atoms with Gasteiger partial charge in [-0.25, -0.2) is 4.79 Å². The van der Waals surface area contributed by atoms with Crippen molar-refractivity contribution in [1.29, 1.82) is 0 Å². The number of carboxylic acid groups (broad SMARTS) is 1. The zero-order valence-corrected chi connectivity index (χ0v) is 8.70. The minimum Gasteiger partial charge on any atom is -0.485 e. The van der Waals surface area contributed by atoms with E-state index >= 15 is 0 Å². The Morgan fingerprint density at radius 3 is 2.80 bits per heavy atom. The first-order chi connectivity index (χ1) is 6.91. The first-order valence-electron chi connectivity index (χ1n) is 4.74. The summed E-state index contributed by atoms with van der Waals surface area (Å²) in [4.78, 5) is 11.0. The fourth-order valence-electron chi connectivity index (χ4n) is 1.88. The van der Waals surface area contributed by atoms with Crippen molar-refractivity contribution in [2.24, 2.45) is 0 Å². The van der Waals surface area contributed by atoms with Crippen LogP contribution in [-0.2, 0) is 6.42 Å². The Hall–Kier alpha value is -1.71. The number of anilines is 1. The molecular weight excluding hydrogens is 194 g/mol. The van der Waals surface area contributed by atoms with Gasteiger partial charge in [0.25, 0.3) is 0 Å². The zero-order valence-electron chi connectivity index (χ0n) is 8.70. The molecule has 0 radical (unpaired) electrons. The van der Waals surface area contributed by atoms with Gasteiger partial charge in [0.1, 0.15) is 11.4 Å². The van der Waals surface area contributed by atoms with Crippen molar-refractivity contribution >= 4 is 11.7 Å². The number of hydrogen-bond acceptors (Lipinski definition) is 3. The number of ether oxygens (including phenoxy) is 1. The lowest BCUT2D eigenvalue weighted by Gasteiger charge is -2.17. The fraction of sp³-hybridized carbons (Fsp3) is 0.364. The van der Waals surface area contributed by atoms with Crippen molar-refractivity contribution < 1.29 is 14.6 Å². The van der Waals surface area contributed by atoms with E-state index < -0.39 is 5.97 Å². The van der Waals surface area contributed by atoms with Gasteiger partial charge in [-0.3, -0.25) is 0 Å². The summed E-state index contributed by atoms with van der Waals surface area (Å²) in [6.45, 7) is 3.83. The van der Waals surface area contributed by atoms with Crippen molar-refractivity contribution in [2.75, 3.05) is 5.73 Å². The molecule has 0 aromatic heterocycles. The number of aromatic carboxylic acids is 1. The highest BCUT2D eigenvalue weighted by Gasteiger charge is 2.34. The third-order valence-corrected chi connectivity index (χ3v) is 2.50. The second-order valence-corrected chi connectivity index (χ2v) is 4.35. The highest BCUT2D eigenvalue weighted by molar-refractivity contribution is 5.91. The molecule has 0 unspecified atom stereocenters. The van der Waals surface area contributed by atoms with Gasteiger partial charge in [0, 0.05) is 12.0 Å². The van der Waals surface area contributed by atoms with Crippen LogP contribution in [0.15, 0.2) is 12.1 Å². The molecule has 0 fully saturated rings. The van der Waals surface area contributed by atoms with Crippen molar-refractivity contribution in [2.45, 2.75) is 25.9 Å². The van der Waals surface area contributed by atoms with Crippen molar-refractivity contribution in [3.05, 3.63) is 23.3 Å². The predicted octanol–water partition coefficient (Wildman–Crippen LogP) is 1.68. The molecule has 0 saturated carbocycles. The molecular formula is C11H13NO3. The third kappa shape index (κ3) is 1.52. The van der Waals surface area contributed by atoms with Gasteiger partial charge in [0.15, 0.2) is 0 Å². The second kappa shape index (κ2) is 2.89. The van der Waals surface area contributed by atoms with Crippen LogP contribution in [0.4, 0.5) is 5.69 Å². The molecule has 1 aliphatic rings. The molecule has 0 saturated heterocycles. The van der Waals surface area contributed by atoms with Crippen LogP contribution in [0.3, 0.4) is 0 Å². The molecule has 1 aromatic carbocycles. The number of nitrogen functional groups attached to an aromatic ring is 1. The molecule has 1 heterocycles. The summed E-state index contributed by atoms with van der Waals surface area (Å²) in [5, 5.41) is 9.01. The van der Waals surface area contributed by atoms with Gasteiger partial charge in [0.2, 0.25) is 0 Å². The quantitative estimate of drug-likeness (QED) is 0.687. The van der Waals surface area contributed by atoms with E-state index in [4.69, 9.17) is 15.6 Å². The molecule has 15 heavy (non-hydrogen) atoms. The van der Waals surface area contributed by atoms with Crippen LogP contribution >= 0.6 is 0 Å². The molecule has 4 heteroatoms. The number of hydrogen-bond donors (Lipinski definition) is 2. The predicted molar refractivity (Wildman–Crippen MR) is 56.2 cm³/mol. The number of rotatable bonds is 1. The molecule has 1 aliphatic heterocycles. The Bertz CT molecular complexity index is 438. The molecule has 4 nitrogen and oxygen atoms in total. The molecule has 3 N–H and O–H groups in total. The van der Waals surface area contributed by atoms with Crippen molar-refractivity contribution in [3.63, 3.8) is 0 Å².